The summed E-state index contributed by atoms with van der Waals surface area (Å²) in [6.07, 6.45) is 2.66. The van der Waals surface area contributed by atoms with Crippen LogP contribution in [0.4, 0.5) is 11.4 Å². The number of nitrogens with zero attached hydrogens (tertiary/aromatic N) is 1. The number of benzene rings is 2. The molecule has 0 fully saturated rings. The number of thiocarbonyl (C=S) groups is 1. The maximum absolute atomic E-state index is 11.9. The van der Waals surface area contributed by atoms with Gasteiger partial charge < -0.3 is 5.32 Å². The van der Waals surface area contributed by atoms with Crippen LogP contribution in [0.1, 0.15) is 5.56 Å². The van der Waals surface area contributed by atoms with Crippen molar-refractivity contribution in [1.29, 1.82) is 0 Å². The maximum Gasteiger partial charge on any atom is 0.270 e. The lowest BCUT2D eigenvalue weighted by molar-refractivity contribution is -0.384. The van der Waals surface area contributed by atoms with Gasteiger partial charge in [0.1, 0.15) is 0 Å². The number of rotatable bonds is 4. The smallest absolute Gasteiger partial charge is 0.270 e. The molecule has 2 aromatic rings. The molecule has 0 saturated heterocycles. The number of anilines is 1. The molecule has 0 spiro atoms. The monoisotopic (exact) mass is 395 g/mol. The summed E-state index contributed by atoms with van der Waals surface area (Å²) in [6, 6.07) is 10.9. The van der Waals surface area contributed by atoms with Gasteiger partial charge in [-0.1, -0.05) is 41.4 Å². The van der Waals surface area contributed by atoms with Gasteiger partial charge in [0.05, 0.1) is 20.7 Å². The zero-order chi connectivity index (χ0) is 18.4. The van der Waals surface area contributed by atoms with Crippen LogP contribution in [-0.4, -0.2) is 15.9 Å². The van der Waals surface area contributed by atoms with Crippen LogP contribution in [0, 0.1) is 10.1 Å². The van der Waals surface area contributed by atoms with E-state index < -0.39 is 10.8 Å². The molecule has 0 bridgehead atoms. The van der Waals surface area contributed by atoms with E-state index in [4.69, 9.17) is 35.4 Å². The number of carbonyl (C=O) groups is 1. The molecule has 2 aromatic carbocycles. The Hall–Kier alpha value is -2.48. The Labute approximate surface area is 158 Å². The van der Waals surface area contributed by atoms with Crippen LogP contribution in [0.5, 0.6) is 0 Å². The van der Waals surface area contributed by atoms with Crippen LogP contribution in [0.15, 0.2) is 48.5 Å². The molecular formula is C16H11Cl2N3O3S. The second kappa shape index (κ2) is 8.57. The molecule has 6 nitrogen and oxygen atoms in total. The Morgan fingerprint density at radius 1 is 1.20 bits per heavy atom. The van der Waals surface area contributed by atoms with E-state index in [-0.39, 0.29) is 15.8 Å². The van der Waals surface area contributed by atoms with Crippen LogP contribution < -0.4 is 10.6 Å². The Morgan fingerprint density at radius 2 is 1.92 bits per heavy atom. The molecule has 0 aromatic heterocycles. The number of non-ortho nitro benzene ring substituents is 1. The summed E-state index contributed by atoms with van der Waals surface area (Å²) in [5, 5.41) is 16.6. The van der Waals surface area contributed by atoms with E-state index in [0.717, 1.165) is 0 Å². The number of nitro benzene ring substituents is 1. The summed E-state index contributed by atoms with van der Waals surface area (Å²) in [5.74, 6) is -0.498. The fourth-order valence-corrected chi connectivity index (χ4v) is 2.38. The van der Waals surface area contributed by atoms with Crippen LogP contribution >= 0.6 is 35.4 Å². The van der Waals surface area contributed by atoms with Crippen molar-refractivity contribution < 1.29 is 9.72 Å². The normalized spacial score (nSPS) is 10.5. The van der Waals surface area contributed by atoms with Crippen molar-refractivity contribution in [3.05, 3.63) is 74.3 Å². The van der Waals surface area contributed by atoms with Gasteiger partial charge in [0.15, 0.2) is 5.11 Å². The molecule has 0 unspecified atom stereocenters. The molecule has 1 amide bonds. The zero-order valence-corrected chi connectivity index (χ0v) is 14.9. The summed E-state index contributed by atoms with van der Waals surface area (Å²) < 4.78 is 0. The zero-order valence-electron chi connectivity index (χ0n) is 12.5. The second-order valence-electron chi connectivity index (χ2n) is 4.73. The lowest BCUT2D eigenvalue weighted by atomic mass is 10.2. The minimum atomic E-state index is -0.509. The fourth-order valence-electron chi connectivity index (χ4n) is 1.82. The number of nitro groups is 1. The molecule has 9 heteroatoms. The highest BCUT2D eigenvalue weighted by Crippen LogP contribution is 2.29. The van der Waals surface area contributed by atoms with Gasteiger partial charge in [0.2, 0.25) is 5.91 Å². The molecule has 0 atom stereocenters. The number of carbonyl (C=O) groups excluding carboxylic acids is 1. The van der Waals surface area contributed by atoms with E-state index in [1.54, 1.807) is 24.3 Å². The largest absolute Gasteiger partial charge is 0.331 e. The van der Waals surface area contributed by atoms with Crippen molar-refractivity contribution in [2.75, 3.05) is 5.32 Å². The standard InChI is InChI=1S/C16H11Cl2N3O3S/c17-12-5-2-6-13(15(12)18)19-16(25)20-14(22)8-7-10-3-1-4-11(9-10)21(23)24/h1-9H,(H2,19,20,22,25)/b8-7+. The summed E-state index contributed by atoms with van der Waals surface area (Å²) in [5.41, 5.74) is 0.915. The third-order valence-corrected chi connectivity index (χ3v) is 3.97. The Kier molecular flexibility index (Phi) is 6.46. The van der Waals surface area contributed by atoms with Gasteiger partial charge in [-0.2, -0.15) is 0 Å². The third-order valence-electron chi connectivity index (χ3n) is 2.94. The van der Waals surface area contributed by atoms with E-state index in [0.29, 0.717) is 16.3 Å². The van der Waals surface area contributed by atoms with Gasteiger partial charge in [-0.3, -0.25) is 20.2 Å². The number of nitrogens with one attached hydrogen (secondary N) is 2. The topological polar surface area (TPSA) is 84.3 Å². The predicted molar refractivity (Wildman–Crippen MR) is 103 cm³/mol. The Bertz CT molecular complexity index is 871. The third kappa shape index (κ3) is 5.53. The van der Waals surface area contributed by atoms with Gasteiger partial charge in [0, 0.05) is 18.2 Å². The fraction of sp³-hybridized carbons (Fsp3) is 0. The highest BCUT2D eigenvalue weighted by Gasteiger charge is 2.08. The van der Waals surface area contributed by atoms with Crippen LogP contribution in [0.2, 0.25) is 10.0 Å². The average Bonchev–Trinajstić information content (AvgIpc) is 2.57. The van der Waals surface area contributed by atoms with Gasteiger partial charge >= 0.3 is 0 Å². The molecule has 0 radical (unpaired) electrons. The number of halogens is 2. The van der Waals surface area contributed by atoms with Gasteiger partial charge in [-0.05, 0) is 36.0 Å². The van der Waals surface area contributed by atoms with E-state index in [1.807, 2.05) is 0 Å². The molecule has 25 heavy (non-hydrogen) atoms. The van der Waals surface area contributed by atoms with Crippen molar-refractivity contribution in [1.82, 2.24) is 5.32 Å². The molecule has 2 N–H and O–H groups in total. The molecule has 0 saturated carbocycles. The van der Waals surface area contributed by atoms with Gasteiger partial charge in [0.25, 0.3) is 5.69 Å². The van der Waals surface area contributed by atoms with E-state index in [1.165, 1.54) is 30.4 Å². The van der Waals surface area contributed by atoms with Crippen molar-refractivity contribution in [2.24, 2.45) is 0 Å². The first-order valence-electron chi connectivity index (χ1n) is 6.85. The molecule has 0 aliphatic carbocycles. The molecule has 2 rings (SSSR count). The first-order chi connectivity index (χ1) is 11.9. The molecule has 0 aliphatic heterocycles. The molecule has 0 heterocycles. The molecule has 128 valence electrons. The quantitative estimate of drug-likeness (QED) is 0.346. The highest BCUT2D eigenvalue weighted by molar-refractivity contribution is 7.80. The summed E-state index contributed by atoms with van der Waals surface area (Å²) in [7, 11) is 0. The average molecular weight is 396 g/mol. The minimum Gasteiger partial charge on any atom is -0.331 e. The van der Waals surface area contributed by atoms with Crippen LogP contribution in [0.3, 0.4) is 0 Å². The van der Waals surface area contributed by atoms with E-state index >= 15 is 0 Å². The summed E-state index contributed by atoms with van der Waals surface area (Å²) >= 11 is 16.9. The molecular weight excluding hydrogens is 385 g/mol. The van der Waals surface area contributed by atoms with Crippen LogP contribution in [-0.2, 0) is 4.79 Å². The lowest BCUT2D eigenvalue weighted by Gasteiger charge is -2.10. The number of hydrogen-bond acceptors (Lipinski definition) is 4. The van der Waals surface area contributed by atoms with Crippen molar-refractivity contribution in [3.63, 3.8) is 0 Å². The predicted octanol–water partition coefficient (Wildman–Crippen LogP) is 4.43. The number of hydrogen-bond donors (Lipinski definition) is 2. The Balaban J connectivity index is 1.97. The van der Waals surface area contributed by atoms with Crippen molar-refractivity contribution in [2.45, 2.75) is 0 Å². The molecule has 0 aliphatic rings. The van der Waals surface area contributed by atoms with E-state index in [9.17, 15) is 14.9 Å². The maximum atomic E-state index is 11.9. The Morgan fingerprint density at radius 3 is 2.64 bits per heavy atom. The SMILES string of the molecule is O=C(/C=C/c1cccc([N+](=O)[O-])c1)NC(=S)Nc1cccc(Cl)c1Cl. The van der Waals surface area contributed by atoms with Crippen molar-refractivity contribution >= 4 is 63.9 Å². The van der Waals surface area contributed by atoms with Crippen molar-refractivity contribution in [3.8, 4) is 0 Å². The summed E-state index contributed by atoms with van der Waals surface area (Å²) in [4.78, 5) is 22.1. The number of amides is 1. The second-order valence-corrected chi connectivity index (χ2v) is 5.92. The van der Waals surface area contributed by atoms with Gasteiger partial charge in [-0.25, -0.2) is 0 Å². The van der Waals surface area contributed by atoms with Gasteiger partial charge in [-0.15, -0.1) is 0 Å². The minimum absolute atomic E-state index is 0.0397. The van der Waals surface area contributed by atoms with Crippen LogP contribution in [0.25, 0.3) is 6.08 Å². The lowest BCUT2D eigenvalue weighted by Crippen LogP contribution is -2.32. The summed E-state index contributed by atoms with van der Waals surface area (Å²) in [6.45, 7) is 0. The highest BCUT2D eigenvalue weighted by atomic mass is 35.5. The first kappa shape index (κ1) is 18.9. The first-order valence-corrected chi connectivity index (χ1v) is 8.02. The van der Waals surface area contributed by atoms with E-state index in [2.05, 4.69) is 10.6 Å².